The number of fused-ring (bicyclic) bond motifs is 1. The van der Waals surface area contributed by atoms with Crippen LogP contribution in [0.15, 0.2) is 29.4 Å². The lowest BCUT2D eigenvalue weighted by atomic mass is 10.1. The molecule has 0 amide bonds. The molecular formula is C12H11N5S2. The number of aromatic amines is 3. The number of H-pyrrole nitrogens is 3. The molecule has 5 nitrogen and oxygen atoms in total. The van der Waals surface area contributed by atoms with Crippen molar-refractivity contribution < 1.29 is 0 Å². The molecule has 7 heteroatoms. The van der Waals surface area contributed by atoms with Crippen molar-refractivity contribution in [1.82, 2.24) is 19.9 Å². The highest BCUT2D eigenvalue weighted by Crippen LogP contribution is 2.19. The summed E-state index contributed by atoms with van der Waals surface area (Å²) in [4.78, 5) is 3.32. The van der Waals surface area contributed by atoms with Gasteiger partial charge in [-0.25, -0.2) is 0 Å². The molecule has 0 atom stereocenters. The summed E-state index contributed by atoms with van der Waals surface area (Å²) in [6.45, 7) is 2.01. The first-order chi connectivity index (χ1) is 9.16. The van der Waals surface area contributed by atoms with Crippen LogP contribution in [0.2, 0.25) is 0 Å². The molecule has 0 spiro atoms. The summed E-state index contributed by atoms with van der Waals surface area (Å²) in [5.41, 5.74) is 3.18. The maximum absolute atomic E-state index is 5.08. The molecule has 0 aliphatic carbocycles. The SMILES string of the molecule is Cc1[nH]c2ccccc2c1/C=N/n1c(=S)[nH][nH]c1=S. The van der Waals surface area contributed by atoms with Gasteiger partial charge in [0, 0.05) is 22.2 Å². The number of hydrogen-bond acceptors (Lipinski definition) is 3. The van der Waals surface area contributed by atoms with Gasteiger partial charge >= 0.3 is 0 Å². The Balaban J connectivity index is 2.14. The van der Waals surface area contributed by atoms with E-state index in [2.05, 4.69) is 26.3 Å². The van der Waals surface area contributed by atoms with Gasteiger partial charge in [0.05, 0.1) is 6.21 Å². The Labute approximate surface area is 119 Å². The van der Waals surface area contributed by atoms with Crippen LogP contribution in [-0.4, -0.2) is 26.1 Å². The van der Waals surface area contributed by atoms with Gasteiger partial charge in [-0.05, 0) is 37.4 Å². The predicted octanol–water partition coefficient (Wildman–Crippen LogP) is 3.28. The van der Waals surface area contributed by atoms with Gasteiger partial charge in [0.2, 0.25) is 9.54 Å². The summed E-state index contributed by atoms with van der Waals surface area (Å²) in [5, 5.41) is 10.9. The predicted molar refractivity (Wildman–Crippen MR) is 80.8 cm³/mol. The standard InChI is InChI=1S/C12H11N5S2/c1-7-9(8-4-2-3-5-10(8)14-7)6-13-17-11(18)15-16-12(17)19/h2-6,14H,1H3,(H,15,18)(H,16,19)/b13-6+. The molecule has 1 aromatic carbocycles. The number of benzene rings is 1. The summed E-state index contributed by atoms with van der Waals surface area (Å²) >= 11 is 10.2. The molecule has 2 aromatic heterocycles. The average molecular weight is 289 g/mol. The molecule has 19 heavy (non-hydrogen) atoms. The molecule has 0 aliphatic rings. The Hall–Kier alpha value is -1.99. The van der Waals surface area contributed by atoms with E-state index in [4.69, 9.17) is 24.4 Å². The maximum atomic E-state index is 5.08. The lowest BCUT2D eigenvalue weighted by Gasteiger charge is -1.93. The molecule has 3 N–H and O–H groups in total. The first-order valence-electron chi connectivity index (χ1n) is 5.68. The second-order valence-corrected chi connectivity index (χ2v) is 4.90. The van der Waals surface area contributed by atoms with Crippen molar-refractivity contribution in [2.24, 2.45) is 5.10 Å². The molecule has 0 aliphatic heterocycles. The highest BCUT2D eigenvalue weighted by atomic mass is 32.1. The fraction of sp³-hybridized carbons (Fsp3) is 0.0833. The summed E-state index contributed by atoms with van der Waals surface area (Å²) in [5.74, 6) is 0. The van der Waals surface area contributed by atoms with Gasteiger partial charge in [0.1, 0.15) is 0 Å². The molecule has 96 valence electrons. The van der Waals surface area contributed by atoms with E-state index in [1.165, 1.54) is 4.68 Å². The topological polar surface area (TPSA) is 64.7 Å². The maximum Gasteiger partial charge on any atom is 0.215 e. The smallest absolute Gasteiger partial charge is 0.215 e. The summed E-state index contributed by atoms with van der Waals surface area (Å²) < 4.78 is 2.36. The van der Waals surface area contributed by atoms with E-state index in [1.54, 1.807) is 6.21 Å². The van der Waals surface area contributed by atoms with Crippen molar-refractivity contribution in [2.75, 3.05) is 0 Å². The normalized spacial score (nSPS) is 11.6. The van der Waals surface area contributed by atoms with Crippen LogP contribution in [0.25, 0.3) is 10.9 Å². The van der Waals surface area contributed by atoms with E-state index in [1.807, 2.05) is 25.1 Å². The lowest BCUT2D eigenvalue weighted by Crippen LogP contribution is -1.91. The van der Waals surface area contributed by atoms with Crippen LogP contribution in [-0.2, 0) is 0 Å². The number of hydrogen-bond donors (Lipinski definition) is 3. The van der Waals surface area contributed by atoms with Gasteiger partial charge in [0.15, 0.2) is 0 Å². The summed E-state index contributed by atoms with van der Waals surface area (Å²) in [6.07, 6.45) is 1.77. The van der Waals surface area contributed by atoms with Crippen molar-refractivity contribution >= 4 is 41.6 Å². The Kier molecular flexibility index (Phi) is 2.92. The molecule has 0 unspecified atom stereocenters. The van der Waals surface area contributed by atoms with Gasteiger partial charge in [-0.3, -0.25) is 10.2 Å². The van der Waals surface area contributed by atoms with E-state index in [0.717, 1.165) is 22.2 Å². The molecule has 0 saturated carbocycles. The van der Waals surface area contributed by atoms with Crippen molar-refractivity contribution in [3.05, 3.63) is 45.1 Å². The Morgan fingerprint density at radius 2 is 1.84 bits per heavy atom. The van der Waals surface area contributed by atoms with E-state index >= 15 is 0 Å². The molecule has 3 aromatic rings. The number of rotatable bonds is 2. The Morgan fingerprint density at radius 1 is 1.16 bits per heavy atom. The highest BCUT2D eigenvalue weighted by molar-refractivity contribution is 7.72. The molecule has 0 fully saturated rings. The van der Waals surface area contributed by atoms with Gasteiger partial charge in [-0.2, -0.15) is 9.78 Å². The second-order valence-electron chi connectivity index (χ2n) is 4.13. The molecule has 2 heterocycles. The summed E-state index contributed by atoms with van der Waals surface area (Å²) in [6, 6.07) is 8.09. The van der Waals surface area contributed by atoms with Gasteiger partial charge in [0.25, 0.3) is 0 Å². The molecule has 3 rings (SSSR count). The fourth-order valence-electron chi connectivity index (χ4n) is 1.99. The van der Waals surface area contributed by atoms with E-state index in [0.29, 0.717) is 9.54 Å². The minimum atomic E-state index is 0.443. The minimum absolute atomic E-state index is 0.443. The number of aromatic nitrogens is 4. The van der Waals surface area contributed by atoms with Gasteiger partial charge in [-0.1, -0.05) is 18.2 Å². The second kappa shape index (κ2) is 4.60. The van der Waals surface area contributed by atoms with Crippen molar-refractivity contribution in [2.45, 2.75) is 6.92 Å². The first-order valence-corrected chi connectivity index (χ1v) is 6.50. The zero-order valence-corrected chi connectivity index (χ0v) is 11.7. The van der Waals surface area contributed by atoms with Crippen LogP contribution >= 0.6 is 24.4 Å². The monoisotopic (exact) mass is 289 g/mol. The fourth-order valence-corrected chi connectivity index (χ4v) is 2.43. The Morgan fingerprint density at radius 3 is 2.58 bits per heavy atom. The number of para-hydroxylation sites is 1. The van der Waals surface area contributed by atoms with Crippen molar-refractivity contribution in [3.8, 4) is 0 Å². The van der Waals surface area contributed by atoms with Crippen LogP contribution in [0, 0.1) is 16.5 Å². The Bertz CT molecular complexity index is 850. The van der Waals surface area contributed by atoms with Gasteiger partial charge in [-0.15, -0.1) is 0 Å². The average Bonchev–Trinajstić information content (AvgIpc) is 2.88. The molecule has 0 bridgehead atoms. The van der Waals surface area contributed by atoms with Gasteiger partial charge < -0.3 is 4.98 Å². The zero-order chi connectivity index (χ0) is 13.4. The molecule has 0 saturated heterocycles. The zero-order valence-electron chi connectivity index (χ0n) is 10.1. The van der Waals surface area contributed by atoms with Crippen molar-refractivity contribution in [3.63, 3.8) is 0 Å². The van der Waals surface area contributed by atoms with Crippen LogP contribution in [0.1, 0.15) is 11.3 Å². The van der Waals surface area contributed by atoms with E-state index in [-0.39, 0.29) is 0 Å². The van der Waals surface area contributed by atoms with E-state index in [9.17, 15) is 0 Å². The largest absolute Gasteiger partial charge is 0.358 e. The van der Waals surface area contributed by atoms with Crippen LogP contribution in [0.3, 0.4) is 0 Å². The third-order valence-corrected chi connectivity index (χ3v) is 3.46. The number of nitrogens with one attached hydrogen (secondary N) is 3. The summed E-state index contributed by atoms with van der Waals surface area (Å²) in [7, 11) is 0. The van der Waals surface area contributed by atoms with Crippen LogP contribution in [0.4, 0.5) is 0 Å². The minimum Gasteiger partial charge on any atom is -0.358 e. The van der Waals surface area contributed by atoms with Crippen LogP contribution in [0.5, 0.6) is 0 Å². The molecule has 0 radical (unpaired) electrons. The third-order valence-electron chi connectivity index (χ3n) is 2.91. The number of nitrogens with zero attached hydrogens (tertiary/aromatic N) is 2. The highest BCUT2D eigenvalue weighted by Gasteiger charge is 2.05. The first kappa shape index (κ1) is 12.1. The van der Waals surface area contributed by atoms with Crippen LogP contribution < -0.4 is 0 Å². The van der Waals surface area contributed by atoms with E-state index < -0.39 is 0 Å². The third kappa shape index (κ3) is 2.06. The van der Waals surface area contributed by atoms with Crippen molar-refractivity contribution in [1.29, 1.82) is 0 Å². The molecular weight excluding hydrogens is 278 g/mol. The number of aryl methyl sites for hydroxylation is 1. The lowest BCUT2D eigenvalue weighted by molar-refractivity contribution is 0.848. The quantitative estimate of drug-likeness (QED) is 0.501.